The average molecular weight is 878 g/mol. The molecule has 0 aliphatic rings. The maximum atomic E-state index is 15.2. The number of halogens is 1. The minimum atomic E-state index is -0.829. The number of esters is 1. The molecule has 1 N–H and O–H groups in total. The number of aromatic nitrogens is 3. The molecule has 0 fully saturated rings. The Labute approximate surface area is 379 Å². The number of benzene rings is 4. The molecule has 1 aromatic heterocycles. The number of hydrogen-bond acceptors (Lipinski definition) is 8. The van der Waals surface area contributed by atoms with E-state index in [0.29, 0.717) is 53.5 Å². The monoisotopic (exact) mass is 878 g/mol. The predicted octanol–water partition coefficient (Wildman–Crippen LogP) is 13.2. The summed E-state index contributed by atoms with van der Waals surface area (Å²) >= 11 is 0. The van der Waals surface area contributed by atoms with Crippen LogP contribution in [0.5, 0.6) is 17.2 Å². The Kier molecular flexibility index (Phi) is 21.7. The molecule has 0 amide bonds. The Morgan fingerprint density at radius 2 is 1.36 bits per heavy atom. The number of carbonyl (C=O) groups is 2. The lowest BCUT2D eigenvalue weighted by molar-refractivity contribution is -0.145. The maximum Gasteiger partial charge on any atom is 0.306 e. The first kappa shape index (κ1) is 49.3. The number of aliphatic carboxylic acids is 1. The van der Waals surface area contributed by atoms with Crippen LogP contribution in [-0.4, -0.2) is 39.1 Å². The summed E-state index contributed by atoms with van der Waals surface area (Å²) in [5, 5.41) is 18.0. The van der Waals surface area contributed by atoms with E-state index in [4.69, 9.17) is 18.9 Å². The molecule has 64 heavy (non-hydrogen) atoms. The van der Waals surface area contributed by atoms with Crippen molar-refractivity contribution in [2.24, 2.45) is 0 Å². The molecule has 5 aromatic rings. The van der Waals surface area contributed by atoms with Crippen molar-refractivity contribution in [3.63, 3.8) is 0 Å². The molecule has 10 nitrogen and oxygen atoms in total. The molecule has 11 heteroatoms. The summed E-state index contributed by atoms with van der Waals surface area (Å²) in [7, 11) is 1.55. The number of unbranched alkanes of at least 4 members (excludes halogenated alkanes) is 14. The molecule has 0 aliphatic heterocycles. The Morgan fingerprint density at radius 1 is 0.672 bits per heavy atom. The van der Waals surface area contributed by atoms with Crippen molar-refractivity contribution in [1.82, 2.24) is 15.0 Å². The summed E-state index contributed by atoms with van der Waals surface area (Å²) in [5.41, 5.74) is 4.38. The van der Waals surface area contributed by atoms with Crippen LogP contribution in [0.4, 0.5) is 4.39 Å². The van der Waals surface area contributed by atoms with E-state index in [9.17, 15) is 14.7 Å². The normalized spacial score (nSPS) is 11.6. The van der Waals surface area contributed by atoms with Gasteiger partial charge in [-0.2, -0.15) is 0 Å². The van der Waals surface area contributed by atoms with Crippen LogP contribution < -0.4 is 14.2 Å². The van der Waals surface area contributed by atoms with Gasteiger partial charge in [-0.05, 0) is 78.3 Å². The van der Waals surface area contributed by atoms with E-state index in [1.165, 1.54) is 76.7 Å². The number of methoxy groups -OCH3 is 1. The molecule has 4 aromatic carbocycles. The van der Waals surface area contributed by atoms with Gasteiger partial charge in [0.15, 0.2) is 0 Å². The fourth-order valence-corrected chi connectivity index (χ4v) is 7.89. The first-order valence-electron chi connectivity index (χ1n) is 23.4. The molecule has 0 saturated heterocycles. The Morgan fingerprint density at radius 3 is 2.03 bits per heavy atom. The van der Waals surface area contributed by atoms with E-state index >= 15 is 4.39 Å². The van der Waals surface area contributed by atoms with Crippen molar-refractivity contribution >= 4 is 11.9 Å². The Balaban J connectivity index is 0.955. The molecule has 1 atom stereocenters. The Bertz CT molecular complexity index is 2120. The SMILES string of the molecule is CCC(CC(=O)O)c1cccc(OCc2ccc(-c3cc(OC)ccc3F)c(OCc3cn(CCCCCCCCCCCCCCCCCC(=O)OCc4ccccc4)nn3)c2)c1. The van der Waals surface area contributed by atoms with Gasteiger partial charge in [0.2, 0.25) is 0 Å². The van der Waals surface area contributed by atoms with Crippen LogP contribution in [0.1, 0.15) is 151 Å². The van der Waals surface area contributed by atoms with Crippen molar-refractivity contribution in [3.05, 3.63) is 125 Å². The van der Waals surface area contributed by atoms with Gasteiger partial charge in [0.25, 0.3) is 0 Å². The first-order chi connectivity index (χ1) is 31.3. The zero-order valence-electron chi connectivity index (χ0n) is 38.0. The lowest BCUT2D eigenvalue weighted by atomic mass is 9.93. The van der Waals surface area contributed by atoms with Crippen LogP contribution in [0.3, 0.4) is 0 Å². The van der Waals surface area contributed by atoms with Crippen LogP contribution >= 0.6 is 0 Å². The molecule has 1 heterocycles. The summed E-state index contributed by atoms with van der Waals surface area (Å²) in [6.07, 6.45) is 21.4. The standard InChI is InChI=1S/C53H68FN3O7/c1-3-43(35-52(58)59)44-25-22-26-47(34-44)62-39-42-28-30-48(49-36-46(61-2)29-31-50(49)54)51(33-42)63-40-45-37-57(56-55-45)32-21-16-14-12-10-8-6-4-5-7-9-11-13-15-20-27-53(60)64-38-41-23-18-17-19-24-41/h17-19,22-26,28-31,33-34,36-37,43H,3-16,20-21,27,32,35,38-40H2,1-2H3,(H,58,59). The molecular formula is C53H68FN3O7. The number of ether oxygens (including phenoxy) is 4. The summed E-state index contributed by atoms with van der Waals surface area (Å²) in [5.74, 6) is 0.221. The molecule has 0 spiro atoms. The zero-order chi connectivity index (χ0) is 45.2. The van der Waals surface area contributed by atoms with Gasteiger partial charge in [0.1, 0.15) is 48.6 Å². The summed E-state index contributed by atoms with van der Waals surface area (Å²) in [6.45, 7) is 3.52. The summed E-state index contributed by atoms with van der Waals surface area (Å²) in [6, 6.07) is 27.6. The molecular weight excluding hydrogens is 810 g/mol. The van der Waals surface area contributed by atoms with Gasteiger partial charge in [-0.1, -0.05) is 150 Å². The lowest BCUT2D eigenvalue weighted by Gasteiger charge is -2.16. The van der Waals surface area contributed by atoms with E-state index in [1.807, 2.05) is 90.6 Å². The highest BCUT2D eigenvalue weighted by Crippen LogP contribution is 2.36. The molecule has 0 radical (unpaired) electrons. The second-order valence-electron chi connectivity index (χ2n) is 16.7. The number of nitrogens with zero attached hydrogens (tertiary/aromatic N) is 3. The van der Waals surface area contributed by atoms with Crippen molar-refractivity contribution in [3.8, 4) is 28.4 Å². The third kappa shape index (κ3) is 17.8. The van der Waals surface area contributed by atoms with Crippen LogP contribution in [0.2, 0.25) is 0 Å². The number of carboxylic acids is 1. The predicted molar refractivity (Wildman–Crippen MR) is 249 cm³/mol. The third-order valence-corrected chi connectivity index (χ3v) is 11.6. The van der Waals surface area contributed by atoms with Crippen LogP contribution in [0.15, 0.2) is 97.2 Å². The summed E-state index contributed by atoms with van der Waals surface area (Å²) < 4.78 is 40.3. The highest BCUT2D eigenvalue weighted by molar-refractivity contribution is 5.73. The van der Waals surface area contributed by atoms with Gasteiger partial charge >= 0.3 is 11.9 Å². The number of hydrogen-bond donors (Lipinski definition) is 1. The Hall–Kier alpha value is -5.71. The molecule has 0 saturated carbocycles. The largest absolute Gasteiger partial charge is 0.497 e. The number of aryl methyl sites for hydroxylation is 1. The third-order valence-electron chi connectivity index (χ3n) is 11.6. The smallest absolute Gasteiger partial charge is 0.306 e. The first-order valence-corrected chi connectivity index (χ1v) is 23.4. The summed E-state index contributed by atoms with van der Waals surface area (Å²) in [4.78, 5) is 23.3. The van der Waals surface area contributed by atoms with Crippen molar-refractivity contribution in [2.75, 3.05) is 7.11 Å². The van der Waals surface area contributed by atoms with Crippen molar-refractivity contribution in [1.29, 1.82) is 0 Å². The fourth-order valence-electron chi connectivity index (χ4n) is 7.89. The maximum absolute atomic E-state index is 15.2. The van der Waals surface area contributed by atoms with Gasteiger partial charge in [0.05, 0.1) is 19.7 Å². The van der Waals surface area contributed by atoms with E-state index in [2.05, 4.69) is 10.3 Å². The topological polar surface area (TPSA) is 122 Å². The van der Waals surface area contributed by atoms with E-state index in [1.54, 1.807) is 19.2 Å². The highest BCUT2D eigenvalue weighted by Gasteiger charge is 2.17. The molecule has 0 aliphatic carbocycles. The highest BCUT2D eigenvalue weighted by atomic mass is 19.1. The second-order valence-corrected chi connectivity index (χ2v) is 16.7. The molecule has 1 unspecified atom stereocenters. The number of carbonyl (C=O) groups excluding carboxylic acids is 1. The minimum absolute atomic E-state index is 0.0577. The average Bonchev–Trinajstić information content (AvgIpc) is 3.77. The van der Waals surface area contributed by atoms with Gasteiger partial charge in [-0.25, -0.2) is 4.39 Å². The van der Waals surface area contributed by atoms with E-state index in [0.717, 1.165) is 48.9 Å². The number of rotatable bonds is 32. The number of carboxylic acid groups (broad SMARTS) is 1. The minimum Gasteiger partial charge on any atom is -0.497 e. The fraction of sp³-hybridized carbons (Fsp3) is 0.472. The van der Waals surface area contributed by atoms with Gasteiger partial charge in [-0.15, -0.1) is 5.10 Å². The molecule has 344 valence electrons. The molecule has 5 rings (SSSR count). The molecule has 0 bridgehead atoms. The van der Waals surface area contributed by atoms with Crippen LogP contribution in [0.25, 0.3) is 11.1 Å². The van der Waals surface area contributed by atoms with E-state index in [-0.39, 0.29) is 31.5 Å². The van der Waals surface area contributed by atoms with Crippen molar-refractivity contribution in [2.45, 2.75) is 155 Å². The van der Waals surface area contributed by atoms with Crippen LogP contribution in [-0.2, 0) is 40.7 Å². The quantitative estimate of drug-likeness (QED) is 0.0332. The van der Waals surface area contributed by atoms with Crippen LogP contribution in [0, 0.1) is 5.82 Å². The van der Waals surface area contributed by atoms with Gasteiger partial charge < -0.3 is 24.1 Å². The second kappa shape index (κ2) is 28.2. The van der Waals surface area contributed by atoms with Gasteiger partial charge in [-0.3, -0.25) is 14.3 Å². The van der Waals surface area contributed by atoms with Crippen molar-refractivity contribution < 1.29 is 38.0 Å². The lowest BCUT2D eigenvalue weighted by Crippen LogP contribution is -2.06. The van der Waals surface area contributed by atoms with E-state index < -0.39 is 11.8 Å². The zero-order valence-corrected chi connectivity index (χ0v) is 38.0. The van der Waals surface area contributed by atoms with Gasteiger partial charge in [0, 0.05) is 24.1 Å².